The molecule has 4 heterocycles. The number of urea groups is 1. The first-order chi connectivity index (χ1) is 30.7. The van der Waals surface area contributed by atoms with Gasteiger partial charge in [-0.25, -0.2) is 24.2 Å². The molecule has 16 heteroatoms. The van der Waals surface area contributed by atoms with Crippen LogP contribution >= 0.6 is 0 Å². The number of alkyl carbamates (subject to hydrolysis) is 1. The number of nitrogens with one attached hydrogen (secondary N) is 6. The van der Waals surface area contributed by atoms with E-state index in [1.54, 1.807) is 50.3 Å². The number of H-pyrrole nitrogens is 3. The molecule has 0 aliphatic carbocycles. The molecule has 0 radical (unpaired) electrons. The van der Waals surface area contributed by atoms with Crippen LogP contribution in [-0.2, 0) is 37.5 Å². The fourth-order valence-corrected chi connectivity index (χ4v) is 8.09. The minimum Gasteiger partial charge on any atom is -0.458 e. The Morgan fingerprint density at radius 3 is 2.31 bits per heavy atom. The van der Waals surface area contributed by atoms with Gasteiger partial charge in [0.15, 0.2) is 0 Å². The number of unbranched alkanes of at least 4 members (excludes halogenated alkanes) is 1. The average Bonchev–Trinajstić information content (AvgIpc) is 4.02. The van der Waals surface area contributed by atoms with Crippen molar-refractivity contribution < 1.29 is 28.7 Å². The van der Waals surface area contributed by atoms with E-state index in [9.17, 15) is 24.0 Å². The van der Waals surface area contributed by atoms with Crippen molar-refractivity contribution in [3.8, 4) is 0 Å². The molecule has 6 N–H and O–H groups in total. The Morgan fingerprint density at radius 2 is 1.56 bits per heavy atom. The van der Waals surface area contributed by atoms with E-state index in [1.165, 1.54) is 0 Å². The zero-order valence-electron chi connectivity index (χ0n) is 37.2. The number of benzene rings is 3. The Kier molecular flexibility index (Phi) is 13.9. The highest BCUT2D eigenvalue weighted by atomic mass is 16.6. The van der Waals surface area contributed by atoms with Gasteiger partial charge < -0.3 is 45.3 Å². The van der Waals surface area contributed by atoms with Crippen molar-refractivity contribution in [3.63, 3.8) is 0 Å². The lowest BCUT2D eigenvalue weighted by Crippen LogP contribution is -2.50. The largest absolute Gasteiger partial charge is 0.458 e. The minimum absolute atomic E-state index is 0.0520. The van der Waals surface area contributed by atoms with Gasteiger partial charge in [0.1, 0.15) is 24.1 Å². The number of amides is 4. The lowest BCUT2D eigenvalue weighted by atomic mass is 9.88. The molecule has 16 nitrogen and oxygen atoms in total. The molecule has 338 valence electrons. The molecule has 1 fully saturated rings. The molecule has 3 aromatic carbocycles. The molecule has 2 atom stereocenters. The molecular weight excluding hydrogens is 815 g/mol. The smallest absolute Gasteiger partial charge is 0.407 e. The highest BCUT2D eigenvalue weighted by Gasteiger charge is 2.37. The van der Waals surface area contributed by atoms with Crippen molar-refractivity contribution >= 4 is 45.9 Å². The Labute approximate surface area is 371 Å². The molecule has 0 bridgehead atoms. The van der Waals surface area contributed by atoms with Crippen LogP contribution in [0.1, 0.15) is 101 Å². The molecule has 64 heavy (non-hydrogen) atoms. The molecule has 4 amide bonds. The van der Waals surface area contributed by atoms with Crippen molar-refractivity contribution in [1.82, 2.24) is 45.4 Å². The van der Waals surface area contributed by atoms with Crippen molar-refractivity contribution in [2.75, 3.05) is 19.6 Å². The first-order valence-corrected chi connectivity index (χ1v) is 22.0. The van der Waals surface area contributed by atoms with E-state index in [-0.39, 0.29) is 30.8 Å². The monoisotopic (exact) mass is 873 g/mol. The number of hydrogen-bond donors (Lipinski definition) is 6. The summed E-state index contributed by atoms with van der Waals surface area (Å²) in [5, 5.41) is 9.92. The highest BCUT2D eigenvalue weighted by molar-refractivity contribution is 5.91. The zero-order chi connectivity index (χ0) is 45.4. The molecule has 6 aromatic rings. The summed E-state index contributed by atoms with van der Waals surface area (Å²) in [5.41, 5.74) is 2.83. The second-order valence-electron chi connectivity index (χ2n) is 18.0. The van der Waals surface area contributed by atoms with Gasteiger partial charge in [0, 0.05) is 61.1 Å². The average molecular weight is 874 g/mol. The summed E-state index contributed by atoms with van der Waals surface area (Å²) < 4.78 is 12.8. The number of carbonyl (C=O) groups excluding carboxylic acids is 4. The third-order valence-electron chi connectivity index (χ3n) is 11.7. The van der Waals surface area contributed by atoms with E-state index in [4.69, 9.17) is 14.5 Å². The Hall–Kier alpha value is -6.84. The van der Waals surface area contributed by atoms with E-state index in [0.717, 1.165) is 33.1 Å². The van der Waals surface area contributed by atoms with Crippen molar-refractivity contribution in [1.29, 1.82) is 0 Å². The summed E-state index contributed by atoms with van der Waals surface area (Å²) in [4.78, 5) is 82.9. The van der Waals surface area contributed by atoms with Gasteiger partial charge in [-0.05, 0) is 96.0 Å². The Morgan fingerprint density at radius 1 is 0.859 bits per heavy atom. The van der Waals surface area contributed by atoms with Crippen molar-refractivity contribution in [2.45, 2.75) is 109 Å². The topological polar surface area (TPSA) is 208 Å². The van der Waals surface area contributed by atoms with Gasteiger partial charge in [-0.2, -0.15) is 0 Å². The molecule has 1 aliphatic heterocycles. The molecular formula is C48H59N9O7. The Balaban J connectivity index is 1.01. The number of fused-ring (bicyclic) bond motifs is 2. The number of esters is 1. The molecule has 1 saturated heterocycles. The number of nitrogens with zero attached hydrogens (tertiary/aromatic N) is 3. The van der Waals surface area contributed by atoms with Gasteiger partial charge in [-0.3, -0.25) is 9.36 Å². The van der Waals surface area contributed by atoms with Gasteiger partial charge in [0.2, 0.25) is 5.91 Å². The van der Waals surface area contributed by atoms with Crippen LogP contribution in [0.2, 0.25) is 0 Å². The summed E-state index contributed by atoms with van der Waals surface area (Å²) in [6, 6.07) is 23.1. The number of imidazole rings is 2. The van der Waals surface area contributed by atoms with Crippen LogP contribution in [0.15, 0.2) is 96.1 Å². The minimum atomic E-state index is -1.19. The van der Waals surface area contributed by atoms with Crippen LogP contribution in [0.5, 0.6) is 0 Å². The molecule has 1 aliphatic rings. The van der Waals surface area contributed by atoms with E-state index in [0.29, 0.717) is 63.3 Å². The quantitative estimate of drug-likeness (QED) is 0.0437. The number of hydrogen-bond acceptors (Lipinski definition) is 8. The molecule has 0 saturated carbocycles. The van der Waals surface area contributed by atoms with E-state index < -0.39 is 41.1 Å². The van der Waals surface area contributed by atoms with Crippen molar-refractivity contribution in [3.05, 3.63) is 124 Å². The second-order valence-corrected chi connectivity index (χ2v) is 18.0. The van der Waals surface area contributed by atoms with Gasteiger partial charge in [-0.15, -0.1) is 0 Å². The third-order valence-corrected chi connectivity index (χ3v) is 11.7. The molecule has 3 aromatic heterocycles. The summed E-state index contributed by atoms with van der Waals surface area (Å²) in [6.45, 7) is 10.2. The Bertz CT molecular complexity index is 2610. The predicted molar refractivity (Wildman–Crippen MR) is 244 cm³/mol. The van der Waals surface area contributed by atoms with Crippen LogP contribution < -0.4 is 21.6 Å². The second kappa shape index (κ2) is 19.7. The zero-order valence-corrected chi connectivity index (χ0v) is 37.2. The highest BCUT2D eigenvalue weighted by Crippen LogP contribution is 2.29. The van der Waals surface area contributed by atoms with Crippen LogP contribution in [0.3, 0.4) is 0 Å². The van der Waals surface area contributed by atoms with Gasteiger partial charge >= 0.3 is 23.8 Å². The molecule has 0 unspecified atom stereocenters. The van der Waals surface area contributed by atoms with E-state index in [1.807, 2.05) is 85.1 Å². The lowest BCUT2D eigenvalue weighted by Gasteiger charge is -2.33. The summed E-state index contributed by atoms with van der Waals surface area (Å²) in [5.74, 6) is -0.514. The van der Waals surface area contributed by atoms with Crippen LogP contribution in [0.25, 0.3) is 21.9 Å². The number of rotatable bonds is 16. The summed E-state index contributed by atoms with van der Waals surface area (Å²) in [6.07, 6.45) is 5.94. The predicted octanol–water partition coefficient (Wildman–Crippen LogP) is 7.07. The van der Waals surface area contributed by atoms with Gasteiger partial charge in [0.05, 0.1) is 22.5 Å². The maximum atomic E-state index is 14.1. The normalized spacial score (nSPS) is 14.5. The first-order valence-electron chi connectivity index (χ1n) is 22.0. The number of likely N-dealkylation sites (tertiary alicyclic amines) is 1. The summed E-state index contributed by atoms with van der Waals surface area (Å²) in [7, 11) is 0. The van der Waals surface area contributed by atoms with E-state index >= 15 is 0 Å². The number of aromatic amines is 3. The van der Waals surface area contributed by atoms with E-state index in [2.05, 4.69) is 30.9 Å². The SMILES string of the molecule is CC(C)(C)OC(=O)[C@@H](CCCCNC(=O)OCc1ccccc1)NC(=O)C(C)(C)c1cnc([C@@H](Cc2c[nH]c3ccccc23)NC(=O)N2CCC(n3c(=O)[nH]c4ccccc43)CC2)[nH]1. The van der Waals surface area contributed by atoms with Crippen LogP contribution in [0.4, 0.5) is 9.59 Å². The fraction of sp³-hybridized carbons (Fsp3) is 0.417. The number of ether oxygens (including phenoxy) is 2. The lowest BCUT2D eigenvalue weighted by molar-refractivity contribution is -0.159. The molecule has 0 spiro atoms. The number of para-hydroxylation sites is 3. The standard InChI is InChI=1S/C48H59N9O7/c1-47(2,3)64-42(58)37(20-13-14-24-49-46(62)63-30-31-15-7-6-8-16-31)52-43(59)48(4,5)40-29-51-41(55-40)38(27-32-28-50-35-18-10-9-17-34(32)35)54-44(60)56-25-22-33(23-26-56)57-39-21-12-11-19-36(39)53-45(57)61/h6-12,15-19,21,28-29,33,37-38,50H,13-14,20,22-27,30H2,1-5H3,(H,49,62)(H,51,55)(H,52,59)(H,53,61)(H,54,60)/t37-,38-/m1/s1. The third kappa shape index (κ3) is 11.0. The van der Waals surface area contributed by atoms with Crippen molar-refractivity contribution in [2.24, 2.45) is 0 Å². The van der Waals surface area contributed by atoms with Crippen LogP contribution in [-0.4, -0.2) is 84.7 Å². The maximum Gasteiger partial charge on any atom is 0.407 e. The number of aromatic nitrogens is 5. The fourth-order valence-electron chi connectivity index (χ4n) is 8.09. The maximum absolute atomic E-state index is 14.1. The first kappa shape index (κ1) is 45.2. The summed E-state index contributed by atoms with van der Waals surface area (Å²) >= 11 is 0. The number of carbonyl (C=O) groups is 4. The van der Waals surface area contributed by atoms with Gasteiger partial charge in [0.25, 0.3) is 0 Å². The number of piperidine rings is 1. The van der Waals surface area contributed by atoms with Crippen LogP contribution in [0, 0.1) is 0 Å². The molecule has 7 rings (SSSR count). The van der Waals surface area contributed by atoms with Gasteiger partial charge in [-0.1, -0.05) is 60.7 Å².